The third kappa shape index (κ3) is 6.41. The molecular formula is C18H29N3O3S. The monoisotopic (exact) mass is 367 g/mol. The van der Waals surface area contributed by atoms with E-state index in [2.05, 4.69) is 14.9 Å². The molecule has 0 spiro atoms. The summed E-state index contributed by atoms with van der Waals surface area (Å²) in [6.07, 6.45) is 5.10. The number of sulfonamides is 1. The van der Waals surface area contributed by atoms with E-state index in [4.69, 9.17) is 0 Å². The van der Waals surface area contributed by atoms with Crippen molar-refractivity contribution in [3.8, 4) is 0 Å². The van der Waals surface area contributed by atoms with Crippen LogP contribution in [0.2, 0.25) is 0 Å². The van der Waals surface area contributed by atoms with Crippen molar-refractivity contribution in [2.75, 3.05) is 31.2 Å². The maximum atomic E-state index is 12.5. The summed E-state index contributed by atoms with van der Waals surface area (Å²) >= 11 is 0. The number of hydrogen-bond acceptors (Lipinski definition) is 4. The number of anilines is 1. The van der Waals surface area contributed by atoms with Crippen LogP contribution in [0.25, 0.3) is 0 Å². The Morgan fingerprint density at radius 3 is 2.56 bits per heavy atom. The third-order valence-electron chi connectivity index (χ3n) is 4.68. The van der Waals surface area contributed by atoms with Crippen molar-refractivity contribution in [1.82, 2.24) is 9.62 Å². The number of amides is 1. The van der Waals surface area contributed by atoms with E-state index in [1.807, 2.05) is 32.0 Å². The summed E-state index contributed by atoms with van der Waals surface area (Å²) in [5.41, 5.74) is 3.00. The first-order valence-electron chi connectivity index (χ1n) is 8.81. The van der Waals surface area contributed by atoms with E-state index in [-0.39, 0.29) is 11.9 Å². The van der Waals surface area contributed by atoms with Crippen LogP contribution in [0.4, 0.5) is 5.69 Å². The number of rotatable bonds is 7. The quantitative estimate of drug-likeness (QED) is 0.773. The van der Waals surface area contributed by atoms with Gasteiger partial charge < -0.3 is 5.32 Å². The lowest BCUT2D eigenvalue weighted by molar-refractivity contribution is -0.118. The van der Waals surface area contributed by atoms with Gasteiger partial charge in [-0.15, -0.1) is 0 Å². The first-order chi connectivity index (χ1) is 11.8. The van der Waals surface area contributed by atoms with E-state index in [9.17, 15) is 13.2 Å². The summed E-state index contributed by atoms with van der Waals surface area (Å²) in [5, 5.41) is 3.03. The minimum absolute atomic E-state index is 0.0135. The second-order valence-corrected chi connectivity index (χ2v) is 8.72. The second kappa shape index (κ2) is 8.78. The molecule has 1 aliphatic heterocycles. The topological polar surface area (TPSA) is 78.5 Å². The van der Waals surface area contributed by atoms with Crippen LogP contribution in [0, 0.1) is 13.8 Å². The Balaban J connectivity index is 1.92. The highest BCUT2D eigenvalue weighted by atomic mass is 32.2. The van der Waals surface area contributed by atoms with E-state index >= 15 is 0 Å². The molecule has 1 aliphatic rings. The van der Waals surface area contributed by atoms with Gasteiger partial charge in [0, 0.05) is 18.3 Å². The zero-order valence-electron chi connectivity index (χ0n) is 15.3. The zero-order valence-corrected chi connectivity index (χ0v) is 16.2. The molecule has 25 heavy (non-hydrogen) atoms. The summed E-state index contributed by atoms with van der Waals surface area (Å²) in [6.45, 7) is 5.62. The number of piperidine rings is 1. The van der Waals surface area contributed by atoms with Crippen LogP contribution < -0.4 is 10.0 Å². The molecule has 0 aromatic heterocycles. The number of nitrogens with one attached hydrogen (secondary N) is 2. The summed E-state index contributed by atoms with van der Waals surface area (Å²) in [7, 11) is -3.16. The lowest BCUT2D eigenvalue weighted by atomic mass is 9.99. The van der Waals surface area contributed by atoms with Gasteiger partial charge in [-0.25, -0.2) is 13.1 Å². The first-order valence-corrected chi connectivity index (χ1v) is 10.7. The third-order valence-corrected chi connectivity index (χ3v) is 5.41. The van der Waals surface area contributed by atoms with Crippen molar-refractivity contribution in [2.24, 2.45) is 0 Å². The van der Waals surface area contributed by atoms with Crippen LogP contribution >= 0.6 is 0 Å². The second-order valence-electron chi connectivity index (χ2n) is 6.89. The van der Waals surface area contributed by atoms with Crippen LogP contribution in [0.1, 0.15) is 36.8 Å². The van der Waals surface area contributed by atoms with E-state index in [0.717, 1.165) is 49.0 Å². The van der Waals surface area contributed by atoms with Crippen molar-refractivity contribution in [3.05, 3.63) is 29.3 Å². The number of carbonyl (C=O) groups excluding carboxylic acids is 1. The Hall–Kier alpha value is -1.44. The maximum Gasteiger partial charge on any atom is 0.238 e. The highest BCUT2D eigenvalue weighted by Crippen LogP contribution is 2.21. The number of aryl methyl sites for hydroxylation is 2. The van der Waals surface area contributed by atoms with Crippen LogP contribution in [0.3, 0.4) is 0 Å². The summed E-state index contributed by atoms with van der Waals surface area (Å²) in [6, 6.07) is 6.20. The molecule has 0 radical (unpaired) electrons. The summed E-state index contributed by atoms with van der Waals surface area (Å²) in [4.78, 5) is 14.7. The largest absolute Gasteiger partial charge is 0.324 e. The molecular weight excluding hydrogens is 338 g/mol. The number of likely N-dealkylation sites (tertiary alicyclic amines) is 1. The molecule has 1 unspecified atom stereocenters. The van der Waals surface area contributed by atoms with E-state index < -0.39 is 10.0 Å². The summed E-state index contributed by atoms with van der Waals surface area (Å²) in [5.74, 6) is -0.0135. The van der Waals surface area contributed by atoms with Gasteiger partial charge in [0.2, 0.25) is 15.9 Å². The maximum absolute atomic E-state index is 12.5. The van der Waals surface area contributed by atoms with Crippen molar-refractivity contribution in [3.63, 3.8) is 0 Å². The van der Waals surface area contributed by atoms with Crippen molar-refractivity contribution >= 4 is 21.6 Å². The predicted octanol–water partition coefficient (Wildman–Crippen LogP) is 2.04. The van der Waals surface area contributed by atoms with Gasteiger partial charge >= 0.3 is 0 Å². The first kappa shape index (κ1) is 19.9. The van der Waals surface area contributed by atoms with Crippen LogP contribution in [-0.4, -0.2) is 51.2 Å². The number of carbonyl (C=O) groups is 1. The standard InChI is InChI=1S/C18H29N3O3S/c1-14-7-6-8-15(2)18(14)20-17(22)13-21-12-5-4-9-16(21)10-11-19-25(3,23)24/h6-8,16,19H,4-5,9-13H2,1-3H3,(H,20,22). The Morgan fingerprint density at radius 1 is 1.24 bits per heavy atom. The molecule has 0 aliphatic carbocycles. The molecule has 1 aromatic carbocycles. The minimum Gasteiger partial charge on any atom is -0.324 e. The Bertz CT molecular complexity index is 683. The number of para-hydroxylation sites is 1. The Labute approximate surface area is 151 Å². The lowest BCUT2D eigenvalue weighted by Gasteiger charge is -2.35. The lowest BCUT2D eigenvalue weighted by Crippen LogP contribution is -2.45. The smallest absolute Gasteiger partial charge is 0.238 e. The normalized spacial score (nSPS) is 18.9. The minimum atomic E-state index is -3.16. The molecule has 140 valence electrons. The zero-order chi connectivity index (χ0) is 18.4. The van der Waals surface area contributed by atoms with Gasteiger partial charge in [-0.2, -0.15) is 0 Å². The molecule has 1 heterocycles. The molecule has 1 amide bonds. The van der Waals surface area contributed by atoms with E-state index in [0.29, 0.717) is 13.1 Å². The highest BCUT2D eigenvalue weighted by molar-refractivity contribution is 7.88. The fourth-order valence-electron chi connectivity index (χ4n) is 3.38. The van der Waals surface area contributed by atoms with Gasteiger partial charge in [0.1, 0.15) is 0 Å². The van der Waals surface area contributed by atoms with Crippen LogP contribution in [-0.2, 0) is 14.8 Å². The molecule has 0 bridgehead atoms. The Kier molecular flexibility index (Phi) is 6.98. The van der Waals surface area contributed by atoms with Crippen molar-refractivity contribution < 1.29 is 13.2 Å². The summed E-state index contributed by atoms with van der Waals surface area (Å²) < 4.78 is 25.0. The van der Waals surface area contributed by atoms with E-state index in [1.165, 1.54) is 6.26 Å². The van der Waals surface area contributed by atoms with Gasteiger partial charge in [-0.05, 0) is 50.8 Å². The fourth-order valence-corrected chi connectivity index (χ4v) is 3.87. The molecule has 1 saturated heterocycles. The van der Waals surface area contributed by atoms with Gasteiger partial charge in [-0.1, -0.05) is 24.6 Å². The Morgan fingerprint density at radius 2 is 1.92 bits per heavy atom. The molecule has 2 N–H and O–H groups in total. The molecule has 2 rings (SSSR count). The average Bonchev–Trinajstić information content (AvgIpc) is 2.51. The van der Waals surface area contributed by atoms with Crippen LogP contribution in [0.5, 0.6) is 0 Å². The molecule has 6 nitrogen and oxygen atoms in total. The fraction of sp³-hybridized carbons (Fsp3) is 0.611. The van der Waals surface area contributed by atoms with Gasteiger partial charge in [0.15, 0.2) is 0 Å². The van der Waals surface area contributed by atoms with Crippen molar-refractivity contribution in [1.29, 1.82) is 0 Å². The molecule has 0 saturated carbocycles. The number of hydrogen-bond donors (Lipinski definition) is 2. The predicted molar refractivity (Wildman–Crippen MR) is 101 cm³/mol. The van der Waals surface area contributed by atoms with Crippen LogP contribution in [0.15, 0.2) is 18.2 Å². The van der Waals surface area contributed by atoms with Crippen molar-refractivity contribution in [2.45, 2.75) is 45.6 Å². The molecule has 7 heteroatoms. The molecule has 1 fully saturated rings. The molecule has 1 atom stereocenters. The number of benzene rings is 1. The van der Waals surface area contributed by atoms with Gasteiger partial charge in [-0.3, -0.25) is 9.69 Å². The van der Waals surface area contributed by atoms with E-state index in [1.54, 1.807) is 0 Å². The highest BCUT2D eigenvalue weighted by Gasteiger charge is 2.24. The van der Waals surface area contributed by atoms with Gasteiger partial charge in [0.05, 0.1) is 12.8 Å². The number of nitrogens with zero attached hydrogens (tertiary/aromatic N) is 1. The SMILES string of the molecule is Cc1cccc(C)c1NC(=O)CN1CCCCC1CCNS(C)(=O)=O. The molecule has 1 aromatic rings. The van der Waals surface area contributed by atoms with Gasteiger partial charge in [0.25, 0.3) is 0 Å². The average molecular weight is 368 g/mol.